The number of benzene rings is 1. The minimum Gasteiger partial charge on any atom is -0.355 e. The molecule has 1 aliphatic rings. The van der Waals surface area contributed by atoms with Gasteiger partial charge in [-0.2, -0.15) is 0 Å². The summed E-state index contributed by atoms with van der Waals surface area (Å²) in [4.78, 5) is 12.2. The lowest BCUT2D eigenvalue weighted by Gasteiger charge is -2.21. The third kappa shape index (κ3) is 3.56. The van der Waals surface area contributed by atoms with E-state index < -0.39 is 0 Å². The number of amides is 1. The van der Waals surface area contributed by atoms with Crippen molar-refractivity contribution in [1.29, 1.82) is 0 Å². The van der Waals surface area contributed by atoms with Crippen LogP contribution in [0.5, 0.6) is 0 Å². The first-order valence-electron chi connectivity index (χ1n) is 8.04. The van der Waals surface area contributed by atoms with Crippen LogP contribution >= 0.6 is 0 Å². The summed E-state index contributed by atoms with van der Waals surface area (Å²) in [7, 11) is 0. The maximum absolute atomic E-state index is 12.2. The molecular formula is C18H22N2O2. The van der Waals surface area contributed by atoms with E-state index in [0.29, 0.717) is 17.4 Å². The Balaban J connectivity index is 1.60. The van der Waals surface area contributed by atoms with Gasteiger partial charge in [0, 0.05) is 18.2 Å². The maximum atomic E-state index is 12.2. The quantitative estimate of drug-likeness (QED) is 0.929. The summed E-state index contributed by atoms with van der Waals surface area (Å²) in [5, 5.41) is 6.87. The largest absolute Gasteiger partial charge is 0.355 e. The molecule has 1 heterocycles. The van der Waals surface area contributed by atoms with Crippen LogP contribution in [0.3, 0.4) is 0 Å². The van der Waals surface area contributed by atoms with E-state index in [1.807, 2.05) is 31.2 Å². The average molecular weight is 298 g/mol. The average Bonchev–Trinajstić information content (AvgIpc) is 3.04. The molecule has 1 N–H and O–H groups in total. The van der Waals surface area contributed by atoms with Gasteiger partial charge in [0.1, 0.15) is 0 Å². The Kier molecular flexibility index (Phi) is 4.56. The number of rotatable bonds is 4. The van der Waals surface area contributed by atoms with Crippen LogP contribution in [0.2, 0.25) is 0 Å². The molecule has 1 fully saturated rings. The van der Waals surface area contributed by atoms with Gasteiger partial charge >= 0.3 is 0 Å². The molecule has 1 aliphatic carbocycles. The second-order valence-electron chi connectivity index (χ2n) is 6.16. The van der Waals surface area contributed by atoms with Crippen LogP contribution in [0.1, 0.15) is 48.2 Å². The Labute approximate surface area is 130 Å². The SMILES string of the molecule is Cc1ccc(-c2cc(C(=O)NCC3CCCCC3)no2)cc1. The lowest BCUT2D eigenvalue weighted by Crippen LogP contribution is -2.30. The number of aromatic nitrogens is 1. The summed E-state index contributed by atoms with van der Waals surface area (Å²) < 4.78 is 5.29. The Hall–Kier alpha value is -2.10. The summed E-state index contributed by atoms with van der Waals surface area (Å²) in [6, 6.07) is 9.68. The Bertz CT molecular complexity index is 625. The number of nitrogens with one attached hydrogen (secondary N) is 1. The van der Waals surface area contributed by atoms with Crippen molar-refractivity contribution in [2.75, 3.05) is 6.54 Å². The smallest absolute Gasteiger partial charge is 0.273 e. The summed E-state index contributed by atoms with van der Waals surface area (Å²) in [5.41, 5.74) is 2.48. The first kappa shape index (κ1) is 14.8. The van der Waals surface area contributed by atoms with Gasteiger partial charge in [0.05, 0.1) is 0 Å². The Morgan fingerprint density at radius 1 is 1.23 bits per heavy atom. The van der Waals surface area contributed by atoms with Crippen molar-refractivity contribution in [2.45, 2.75) is 39.0 Å². The number of hydrogen-bond donors (Lipinski definition) is 1. The van der Waals surface area contributed by atoms with Gasteiger partial charge in [-0.3, -0.25) is 4.79 Å². The van der Waals surface area contributed by atoms with Gasteiger partial charge in [-0.15, -0.1) is 0 Å². The molecule has 0 spiro atoms. The molecular weight excluding hydrogens is 276 g/mol. The van der Waals surface area contributed by atoms with Gasteiger partial charge < -0.3 is 9.84 Å². The van der Waals surface area contributed by atoms with Gasteiger partial charge in [-0.25, -0.2) is 0 Å². The van der Waals surface area contributed by atoms with Crippen LogP contribution in [-0.2, 0) is 0 Å². The lowest BCUT2D eigenvalue weighted by atomic mass is 9.89. The van der Waals surface area contributed by atoms with Gasteiger partial charge in [0.15, 0.2) is 11.5 Å². The summed E-state index contributed by atoms with van der Waals surface area (Å²) in [6.45, 7) is 2.78. The first-order valence-corrected chi connectivity index (χ1v) is 8.04. The second-order valence-corrected chi connectivity index (χ2v) is 6.16. The van der Waals surface area contributed by atoms with Gasteiger partial charge in [0.25, 0.3) is 5.91 Å². The fourth-order valence-electron chi connectivity index (χ4n) is 2.95. The molecule has 4 nitrogen and oxygen atoms in total. The monoisotopic (exact) mass is 298 g/mol. The topological polar surface area (TPSA) is 55.1 Å². The van der Waals surface area contributed by atoms with E-state index in [4.69, 9.17) is 4.52 Å². The van der Waals surface area contributed by atoms with Crippen molar-refractivity contribution in [1.82, 2.24) is 10.5 Å². The molecule has 0 atom stereocenters. The minimum atomic E-state index is -0.146. The van der Waals surface area contributed by atoms with Crippen LogP contribution in [0, 0.1) is 12.8 Å². The number of hydrogen-bond acceptors (Lipinski definition) is 3. The lowest BCUT2D eigenvalue weighted by molar-refractivity contribution is 0.0934. The number of nitrogens with zero attached hydrogens (tertiary/aromatic N) is 1. The molecule has 0 unspecified atom stereocenters. The van der Waals surface area contributed by atoms with E-state index in [1.54, 1.807) is 6.07 Å². The minimum absolute atomic E-state index is 0.146. The molecule has 0 bridgehead atoms. The summed E-state index contributed by atoms with van der Waals surface area (Å²) in [6.07, 6.45) is 6.32. The Morgan fingerprint density at radius 3 is 2.68 bits per heavy atom. The highest BCUT2D eigenvalue weighted by molar-refractivity contribution is 5.93. The predicted octanol–water partition coefficient (Wildman–Crippen LogP) is 3.96. The molecule has 1 aromatic carbocycles. The molecule has 0 radical (unpaired) electrons. The van der Waals surface area contributed by atoms with Crippen LogP contribution in [0.25, 0.3) is 11.3 Å². The zero-order chi connectivity index (χ0) is 15.4. The maximum Gasteiger partial charge on any atom is 0.273 e. The normalized spacial score (nSPS) is 15.7. The molecule has 0 saturated heterocycles. The molecule has 0 aliphatic heterocycles. The van der Waals surface area contributed by atoms with E-state index >= 15 is 0 Å². The second kappa shape index (κ2) is 6.77. The van der Waals surface area contributed by atoms with Crippen LogP contribution in [0.4, 0.5) is 0 Å². The zero-order valence-corrected chi connectivity index (χ0v) is 13.0. The van der Waals surface area contributed by atoms with Crippen LogP contribution in [-0.4, -0.2) is 17.6 Å². The number of aryl methyl sites for hydroxylation is 1. The molecule has 1 amide bonds. The van der Waals surface area contributed by atoms with E-state index in [0.717, 1.165) is 12.1 Å². The molecule has 1 aromatic heterocycles. The van der Waals surface area contributed by atoms with E-state index in [2.05, 4.69) is 10.5 Å². The fourth-order valence-corrected chi connectivity index (χ4v) is 2.95. The highest BCUT2D eigenvalue weighted by atomic mass is 16.5. The van der Waals surface area contributed by atoms with Crippen LogP contribution in [0.15, 0.2) is 34.9 Å². The first-order chi connectivity index (χ1) is 10.7. The number of carbonyl (C=O) groups excluding carboxylic acids is 1. The van der Waals surface area contributed by atoms with Gasteiger partial charge in [-0.05, 0) is 25.7 Å². The fraction of sp³-hybridized carbons (Fsp3) is 0.444. The molecule has 4 heteroatoms. The van der Waals surface area contributed by atoms with Crippen molar-refractivity contribution in [3.63, 3.8) is 0 Å². The van der Waals surface area contributed by atoms with Crippen LogP contribution < -0.4 is 5.32 Å². The number of carbonyl (C=O) groups is 1. The van der Waals surface area contributed by atoms with Gasteiger partial charge in [0.2, 0.25) is 0 Å². The third-order valence-corrected chi connectivity index (χ3v) is 4.35. The summed E-state index contributed by atoms with van der Waals surface area (Å²) >= 11 is 0. The van der Waals surface area contributed by atoms with E-state index in [-0.39, 0.29) is 5.91 Å². The van der Waals surface area contributed by atoms with Crippen molar-refractivity contribution in [3.8, 4) is 11.3 Å². The van der Waals surface area contributed by atoms with E-state index in [1.165, 1.54) is 37.7 Å². The molecule has 1 saturated carbocycles. The van der Waals surface area contributed by atoms with Crippen molar-refractivity contribution >= 4 is 5.91 Å². The predicted molar refractivity (Wildman–Crippen MR) is 85.6 cm³/mol. The van der Waals surface area contributed by atoms with Gasteiger partial charge in [-0.1, -0.05) is 54.2 Å². The standard InChI is InChI=1S/C18H22N2O2/c1-13-7-9-15(10-8-13)17-11-16(20-22-17)18(21)19-12-14-5-3-2-4-6-14/h7-11,14H,2-6,12H2,1H3,(H,19,21). The van der Waals surface area contributed by atoms with E-state index in [9.17, 15) is 4.79 Å². The molecule has 2 aromatic rings. The van der Waals surface area contributed by atoms with Crippen molar-refractivity contribution < 1.29 is 9.32 Å². The van der Waals surface area contributed by atoms with Crippen molar-refractivity contribution in [2.24, 2.45) is 5.92 Å². The van der Waals surface area contributed by atoms with Crippen molar-refractivity contribution in [3.05, 3.63) is 41.6 Å². The Morgan fingerprint density at radius 2 is 1.95 bits per heavy atom. The molecule has 22 heavy (non-hydrogen) atoms. The third-order valence-electron chi connectivity index (χ3n) is 4.35. The molecule has 3 rings (SSSR count). The zero-order valence-electron chi connectivity index (χ0n) is 13.0. The highest BCUT2D eigenvalue weighted by Crippen LogP contribution is 2.23. The summed E-state index contributed by atoms with van der Waals surface area (Å²) in [5.74, 6) is 1.09. The highest BCUT2D eigenvalue weighted by Gasteiger charge is 2.17. The molecule has 116 valence electrons.